The van der Waals surface area contributed by atoms with Crippen LogP contribution in [0.2, 0.25) is 0 Å². The number of piperidine rings is 1. The molecule has 0 unspecified atom stereocenters. The molecule has 1 saturated carbocycles. The number of carbonyl (C=O) groups is 1. The number of benzene rings is 1. The molecule has 1 saturated heterocycles. The van der Waals surface area contributed by atoms with Gasteiger partial charge in [0.1, 0.15) is 11.4 Å². The van der Waals surface area contributed by atoms with E-state index in [9.17, 15) is 13.2 Å². The molecular weight excluding hydrogens is 502 g/mol. The summed E-state index contributed by atoms with van der Waals surface area (Å²) in [7, 11) is -1.71. The first kappa shape index (κ1) is 27.1. The van der Waals surface area contributed by atoms with Crippen LogP contribution in [0.5, 0.6) is 0 Å². The molecule has 2 aliphatic heterocycles. The Morgan fingerprint density at radius 3 is 2.68 bits per heavy atom. The maximum Gasteiger partial charge on any atom is 0.253 e. The second-order valence-electron chi connectivity index (χ2n) is 10.6. The average Bonchev–Trinajstić information content (AvgIpc) is 3.48. The van der Waals surface area contributed by atoms with Crippen molar-refractivity contribution in [1.82, 2.24) is 19.3 Å². The summed E-state index contributed by atoms with van der Waals surface area (Å²) in [4.78, 5) is 23.3. The molecule has 1 amide bonds. The molecule has 206 valence electrons. The van der Waals surface area contributed by atoms with Crippen molar-refractivity contribution < 1.29 is 18.0 Å². The van der Waals surface area contributed by atoms with Gasteiger partial charge in [-0.1, -0.05) is 31.4 Å². The van der Waals surface area contributed by atoms with Crippen molar-refractivity contribution in [3.63, 3.8) is 0 Å². The summed E-state index contributed by atoms with van der Waals surface area (Å²) in [5.74, 6) is 1.10. The zero-order chi connectivity index (χ0) is 26.8. The number of amides is 1. The topological polar surface area (TPSA) is 96.2 Å². The van der Waals surface area contributed by atoms with E-state index in [1.807, 2.05) is 49.5 Å². The highest BCUT2D eigenvalue weighted by Crippen LogP contribution is 2.35. The zero-order valence-electron chi connectivity index (χ0n) is 22.4. The van der Waals surface area contributed by atoms with Gasteiger partial charge in [-0.05, 0) is 56.4 Å². The number of hydrogen-bond acceptors (Lipinski definition) is 6. The molecule has 3 aliphatic rings. The van der Waals surface area contributed by atoms with Gasteiger partial charge >= 0.3 is 0 Å². The molecule has 3 heterocycles. The van der Waals surface area contributed by atoms with Crippen LogP contribution in [0.25, 0.3) is 17.0 Å². The highest BCUT2D eigenvalue weighted by molar-refractivity contribution is 7.92. The van der Waals surface area contributed by atoms with Crippen LogP contribution < -0.4 is 5.32 Å². The molecule has 2 aromatic rings. The number of nitrogens with zero attached hydrogens (tertiary/aromatic N) is 4. The van der Waals surface area contributed by atoms with E-state index in [-0.39, 0.29) is 19.0 Å². The molecular formula is C28H39N5O4S. The summed E-state index contributed by atoms with van der Waals surface area (Å²) in [5, 5.41) is 7.16. The Balaban J connectivity index is 1.25. The summed E-state index contributed by atoms with van der Waals surface area (Å²) in [6, 6.07) is 7.94. The number of hydroxylamine groups is 2. The summed E-state index contributed by atoms with van der Waals surface area (Å²) in [6.45, 7) is 4.67. The average molecular weight is 542 g/mol. The van der Waals surface area contributed by atoms with Gasteiger partial charge in [-0.3, -0.25) is 14.6 Å². The first-order valence-corrected chi connectivity index (χ1v) is 15.3. The van der Waals surface area contributed by atoms with Crippen molar-refractivity contribution in [2.45, 2.75) is 64.0 Å². The first-order chi connectivity index (χ1) is 18.3. The normalized spacial score (nSPS) is 21.1. The molecule has 1 spiro atoms. The van der Waals surface area contributed by atoms with Crippen LogP contribution >= 0.6 is 0 Å². The molecule has 1 aliphatic carbocycles. The van der Waals surface area contributed by atoms with E-state index in [2.05, 4.69) is 9.88 Å². The Morgan fingerprint density at radius 1 is 1.18 bits per heavy atom. The van der Waals surface area contributed by atoms with Crippen LogP contribution in [0.15, 0.2) is 40.9 Å². The quantitative estimate of drug-likeness (QED) is 0.488. The molecule has 9 nitrogen and oxygen atoms in total. The largest absolute Gasteiger partial charge is 0.346 e. The molecule has 0 radical (unpaired) electrons. The van der Waals surface area contributed by atoms with Crippen LogP contribution in [-0.4, -0.2) is 72.9 Å². The van der Waals surface area contributed by atoms with E-state index < -0.39 is 15.6 Å². The Bertz CT molecular complexity index is 1320. The van der Waals surface area contributed by atoms with Gasteiger partial charge in [0, 0.05) is 61.7 Å². The lowest BCUT2D eigenvalue weighted by atomic mass is 9.88. The fraction of sp³-hybridized carbons (Fsp3) is 0.571. The third-order valence-electron chi connectivity index (χ3n) is 8.17. The fourth-order valence-electron chi connectivity index (χ4n) is 5.93. The van der Waals surface area contributed by atoms with Gasteiger partial charge in [-0.25, -0.2) is 8.42 Å². The lowest BCUT2D eigenvalue weighted by Crippen LogP contribution is -2.50. The maximum absolute atomic E-state index is 13.2. The number of aliphatic imine (C=N–C) groups is 1. The summed E-state index contributed by atoms with van der Waals surface area (Å²) in [5.41, 5.74) is 1.09. The Morgan fingerprint density at radius 2 is 1.95 bits per heavy atom. The van der Waals surface area contributed by atoms with Crippen molar-refractivity contribution in [3.8, 4) is 0 Å². The van der Waals surface area contributed by atoms with E-state index in [1.54, 1.807) is 6.08 Å². The van der Waals surface area contributed by atoms with Gasteiger partial charge in [0.15, 0.2) is 0 Å². The predicted octanol–water partition coefficient (Wildman–Crippen LogP) is 3.77. The van der Waals surface area contributed by atoms with Crippen LogP contribution in [0, 0.1) is 5.92 Å². The van der Waals surface area contributed by atoms with Crippen molar-refractivity contribution in [3.05, 3.63) is 41.4 Å². The first-order valence-electron chi connectivity index (χ1n) is 13.8. The number of aromatic nitrogens is 1. The third kappa shape index (κ3) is 5.59. The van der Waals surface area contributed by atoms with Crippen molar-refractivity contribution in [2.75, 3.05) is 33.3 Å². The lowest BCUT2D eigenvalue weighted by Gasteiger charge is -2.34. The van der Waals surface area contributed by atoms with E-state index in [1.165, 1.54) is 29.0 Å². The number of rotatable bonds is 9. The van der Waals surface area contributed by atoms with Crippen molar-refractivity contribution in [1.29, 1.82) is 0 Å². The predicted molar refractivity (Wildman–Crippen MR) is 150 cm³/mol. The number of sulfonamides is 1. The molecule has 38 heavy (non-hydrogen) atoms. The molecule has 1 aromatic carbocycles. The van der Waals surface area contributed by atoms with Crippen molar-refractivity contribution in [2.24, 2.45) is 10.9 Å². The van der Waals surface area contributed by atoms with Gasteiger partial charge in [0.25, 0.3) is 5.91 Å². The second-order valence-corrected chi connectivity index (χ2v) is 12.4. The van der Waals surface area contributed by atoms with E-state index in [4.69, 9.17) is 9.83 Å². The minimum Gasteiger partial charge on any atom is -0.346 e. The number of fused-ring (bicyclic) bond motifs is 1. The van der Waals surface area contributed by atoms with Crippen LogP contribution in [0.3, 0.4) is 0 Å². The summed E-state index contributed by atoms with van der Waals surface area (Å²) >= 11 is 0. The summed E-state index contributed by atoms with van der Waals surface area (Å²) in [6.07, 6.45) is 10.3. The molecule has 10 heteroatoms. The number of carbonyl (C=O) groups excluding carboxylic acids is 1. The number of nitrogens with one attached hydrogen (secondary N) is 1. The monoisotopic (exact) mass is 541 g/mol. The van der Waals surface area contributed by atoms with Crippen LogP contribution in [0.1, 0.15) is 57.4 Å². The SMILES string of the molecule is CCON(C)CCn1ccc2c(/C=C/S(=O)(=O)N3CCC4(CC3)N=C(C3CCCCC3)NC4=O)cccc21. The summed E-state index contributed by atoms with van der Waals surface area (Å²) < 4.78 is 30.1. The number of amidine groups is 1. The van der Waals surface area contributed by atoms with E-state index >= 15 is 0 Å². The van der Waals surface area contributed by atoms with Crippen LogP contribution in [-0.2, 0) is 26.2 Å². The number of hydrogen-bond donors (Lipinski definition) is 1. The lowest BCUT2D eigenvalue weighted by molar-refractivity contribution is -0.135. The van der Waals surface area contributed by atoms with Gasteiger partial charge in [0.05, 0.1) is 6.61 Å². The van der Waals surface area contributed by atoms with Gasteiger partial charge in [-0.15, -0.1) is 0 Å². The van der Waals surface area contributed by atoms with E-state index in [0.717, 1.165) is 48.2 Å². The van der Waals surface area contributed by atoms with Crippen LogP contribution in [0.4, 0.5) is 0 Å². The molecule has 1 N–H and O–H groups in total. The Labute approximate surface area is 225 Å². The number of likely N-dealkylation sites (N-methyl/N-ethyl adjacent to an activating group) is 1. The minimum absolute atomic E-state index is 0.0608. The maximum atomic E-state index is 13.2. The second kappa shape index (κ2) is 11.3. The van der Waals surface area contributed by atoms with Gasteiger partial charge in [-0.2, -0.15) is 9.37 Å². The molecule has 1 aromatic heterocycles. The molecule has 0 bridgehead atoms. The highest BCUT2D eigenvalue weighted by Gasteiger charge is 2.48. The Kier molecular flexibility index (Phi) is 8.04. The van der Waals surface area contributed by atoms with E-state index in [0.29, 0.717) is 25.4 Å². The Hall–Kier alpha value is -2.53. The minimum atomic E-state index is -3.63. The van der Waals surface area contributed by atoms with Gasteiger partial charge in [0.2, 0.25) is 10.0 Å². The highest BCUT2D eigenvalue weighted by atomic mass is 32.2. The zero-order valence-corrected chi connectivity index (χ0v) is 23.3. The molecule has 2 fully saturated rings. The molecule has 0 atom stereocenters. The smallest absolute Gasteiger partial charge is 0.253 e. The fourth-order valence-corrected chi connectivity index (χ4v) is 7.11. The standard InChI is InChI=1S/C28H39N5O4S/c1-3-37-31(2)19-20-32-16-12-24-22(10-7-11-25(24)32)13-21-38(35,36)33-17-14-28(15-18-33)27(34)29-26(30-28)23-8-5-4-6-9-23/h7,10-13,16,21,23H,3-6,8-9,14-15,17-20H2,1-2H3,(H,29,30,34)/b21-13+. The van der Waals surface area contributed by atoms with Gasteiger partial charge < -0.3 is 9.88 Å². The third-order valence-corrected chi connectivity index (χ3v) is 9.74. The molecule has 5 rings (SSSR count). The van der Waals surface area contributed by atoms with Crippen molar-refractivity contribution >= 4 is 38.7 Å².